The molecule has 4 heterocycles. The number of hydrogen-bond acceptors (Lipinski definition) is 6. The van der Waals surface area contributed by atoms with Gasteiger partial charge >= 0.3 is 5.97 Å². The van der Waals surface area contributed by atoms with Crippen LogP contribution in [0.4, 0.5) is 5.82 Å². The van der Waals surface area contributed by atoms with Gasteiger partial charge in [0, 0.05) is 31.6 Å². The summed E-state index contributed by atoms with van der Waals surface area (Å²) in [6, 6.07) is 13.8. The molecular weight excluding hydrogens is 366 g/mol. The van der Waals surface area contributed by atoms with Crippen LogP contribution in [0.5, 0.6) is 0 Å². The number of carbonyl (C=O) groups excluding carboxylic acids is 1. The monoisotopic (exact) mass is 389 g/mol. The number of para-hydroxylation sites is 2. The fourth-order valence-electron chi connectivity index (χ4n) is 3.95. The quantitative estimate of drug-likeness (QED) is 0.502. The fraction of sp³-hybridized carbons (Fsp3) is 0.318. The number of carbonyl (C=O) groups is 1. The predicted octanol–water partition coefficient (Wildman–Crippen LogP) is 2.96. The molecule has 7 heteroatoms. The number of pyridine rings is 2. The third kappa shape index (κ3) is 2.98. The van der Waals surface area contributed by atoms with Crippen LogP contribution < -0.4 is 4.90 Å². The highest BCUT2D eigenvalue weighted by Crippen LogP contribution is 2.28. The van der Waals surface area contributed by atoms with Gasteiger partial charge in [0.15, 0.2) is 5.65 Å². The van der Waals surface area contributed by atoms with E-state index < -0.39 is 0 Å². The van der Waals surface area contributed by atoms with Crippen molar-refractivity contribution in [1.29, 1.82) is 0 Å². The number of fused-ring (bicyclic) bond motifs is 5. The topological polar surface area (TPSA) is 63.0 Å². The molecule has 0 N–H and O–H groups in total. The molecule has 0 radical (unpaired) electrons. The van der Waals surface area contributed by atoms with Crippen molar-refractivity contribution in [3.8, 4) is 0 Å². The standard InChI is InChI=1S/C22H23N5O2/c1-3-29-22(28)16-14-15-8-9-19(26-12-10-25(2)11-13-26)24-20(15)27-18-7-5-4-6-17(18)23-21(16)27/h4-9,14H,3,10-13H2,1-2H3. The Morgan fingerprint density at radius 1 is 1.03 bits per heavy atom. The molecule has 0 saturated carbocycles. The van der Waals surface area contributed by atoms with Gasteiger partial charge in [-0.1, -0.05) is 12.1 Å². The van der Waals surface area contributed by atoms with Crippen molar-refractivity contribution in [1.82, 2.24) is 19.3 Å². The Balaban J connectivity index is 1.76. The molecule has 29 heavy (non-hydrogen) atoms. The van der Waals surface area contributed by atoms with Gasteiger partial charge in [0.2, 0.25) is 0 Å². The second-order valence-electron chi connectivity index (χ2n) is 7.41. The lowest BCUT2D eigenvalue weighted by Crippen LogP contribution is -2.44. The Bertz CT molecular complexity index is 1220. The van der Waals surface area contributed by atoms with E-state index in [2.05, 4.69) is 16.8 Å². The van der Waals surface area contributed by atoms with E-state index in [9.17, 15) is 4.79 Å². The molecule has 1 saturated heterocycles. The van der Waals surface area contributed by atoms with Crippen LogP contribution in [0.25, 0.3) is 27.7 Å². The van der Waals surface area contributed by atoms with Crippen molar-refractivity contribution in [3.05, 3.63) is 48.0 Å². The highest BCUT2D eigenvalue weighted by Gasteiger charge is 2.21. The minimum absolute atomic E-state index is 0.323. The maximum Gasteiger partial charge on any atom is 0.341 e. The SMILES string of the molecule is CCOC(=O)c1cc2ccc(N3CCN(C)CC3)nc2n2c1nc1ccccc12. The van der Waals surface area contributed by atoms with Gasteiger partial charge < -0.3 is 14.5 Å². The van der Waals surface area contributed by atoms with Crippen molar-refractivity contribution in [2.75, 3.05) is 44.7 Å². The molecule has 0 aliphatic carbocycles. The van der Waals surface area contributed by atoms with Gasteiger partial charge in [-0.25, -0.2) is 14.8 Å². The summed E-state index contributed by atoms with van der Waals surface area (Å²) in [6.07, 6.45) is 0. The number of esters is 1. The molecule has 0 bridgehead atoms. The van der Waals surface area contributed by atoms with E-state index in [1.165, 1.54) is 0 Å². The average Bonchev–Trinajstić information content (AvgIpc) is 3.13. The molecular formula is C22H23N5O2. The van der Waals surface area contributed by atoms with Gasteiger partial charge in [0.25, 0.3) is 0 Å². The first kappa shape index (κ1) is 17.9. The first-order valence-electron chi connectivity index (χ1n) is 9.97. The number of rotatable bonds is 3. The zero-order valence-corrected chi connectivity index (χ0v) is 16.6. The number of aromatic nitrogens is 3. The van der Waals surface area contributed by atoms with Crippen molar-refractivity contribution in [3.63, 3.8) is 0 Å². The highest BCUT2D eigenvalue weighted by molar-refractivity contribution is 6.03. The number of benzene rings is 1. The first-order valence-corrected chi connectivity index (χ1v) is 9.97. The van der Waals surface area contributed by atoms with Crippen LogP contribution in [-0.4, -0.2) is 65.1 Å². The number of piperazine rings is 1. The van der Waals surface area contributed by atoms with Gasteiger partial charge in [0.05, 0.1) is 17.6 Å². The minimum atomic E-state index is -0.363. The van der Waals surface area contributed by atoms with E-state index >= 15 is 0 Å². The largest absolute Gasteiger partial charge is 0.462 e. The third-order valence-electron chi connectivity index (χ3n) is 5.53. The summed E-state index contributed by atoms with van der Waals surface area (Å²) in [5.41, 5.74) is 3.61. The molecule has 1 fully saturated rings. The van der Waals surface area contributed by atoms with Crippen molar-refractivity contribution in [2.45, 2.75) is 6.92 Å². The Kier molecular flexibility index (Phi) is 4.32. The molecule has 148 valence electrons. The number of likely N-dealkylation sites (N-methyl/N-ethyl adjacent to an activating group) is 1. The van der Waals surface area contributed by atoms with E-state index in [1.807, 2.05) is 53.8 Å². The first-order chi connectivity index (χ1) is 14.2. The third-order valence-corrected chi connectivity index (χ3v) is 5.53. The zero-order chi connectivity index (χ0) is 20.0. The maximum absolute atomic E-state index is 12.6. The van der Waals surface area contributed by atoms with Gasteiger partial charge in [0.1, 0.15) is 17.0 Å². The second-order valence-corrected chi connectivity index (χ2v) is 7.41. The van der Waals surface area contributed by atoms with E-state index in [1.54, 1.807) is 0 Å². The van der Waals surface area contributed by atoms with Crippen molar-refractivity contribution >= 4 is 39.5 Å². The number of anilines is 1. The van der Waals surface area contributed by atoms with Crippen LogP contribution in [-0.2, 0) is 4.74 Å². The van der Waals surface area contributed by atoms with Gasteiger partial charge in [-0.05, 0) is 44.3 Å². The smallest absolute Gasteiger partial charge is 0.341 e. The summed E-state index contributed by atoms with van der Waals surface area (Å²) in [5.74, 6) is 0.589. The van der Waals surface area contributed by atoms with Crippen LogP contribution >= 0.6 is 0 Å². The average molecular weight is 389 g/mol. The van der Waals surface area contributed by atoms with E-state index in [0.29, 0.717) is 17.8 Å². The Morgan fingerprint density at radius 3 is 2.62 bits per heavy atom. The van der Waals surface area contributed by atoms with Gasteiger partial charge in [-0.2, -0.15) is 0 Å². The van der Waals surface area contributed by atoms with E-state index in [-0.39, 0.29) is 5.97 Å². The molecule has 4 aromatic rings. The molecule has 7 nitrogen and oxygen atoms in total. The maximum atomic E-state index is 12.6. The zero-order valence-electron chi connectivity index (χ0n) is 16.6. The lowest BCUT2D eigenvalue weighted by molar-refractivity contribution is 0.0528. The predicted molar refractivity (Wildman–Crippen MR) is 114 cm³/mol. The second kappa shape index (κ2) is 7.00. The molecule has 3 aromatic heterocycles. The number of hydrogen-bond donors (Lipinski definition) is 0. The summed E-state index contributed by atoms with van der Waals surface area (Å²) in [5, 5.41) is 0.890. The van der Waals surface area contributed by atoms with E-state index in [4.69, 9.17) is 14.7 Å². The molecule has 0 unspecified atom stereocenters. The molecule has 0 spiro atoms. The summed E-state index contributed by atoms with van der Waals surface area (Å²) in [6.45, 7) is 6.06. The fourth-order valence-corrected chi connectivity index (χ4v) is 3.95. The van der Waals surface area contributed by atoms with Crippen molar-refractivity contribution < 1.29 is 9.53 Å². The Morgan fingerprint density at radius 2 is 1.83 bits per heavy atom. The van der Waals surface area contributed by atoms with Crippen LogP contribution in [0.1, 0.15) is 17.3 Å². The normalized spacial score (nSPS) is 15.4. The summed E-state index contributed by atoms with van der Waals surface area (Å²) in [7, 11) is 2.14. The molecule has 0 atom stereocenters. The highest BCUT2D eigenvalue weighted by atomic mass is 16.5. The number of imidazole rings is 1. The van der Waals surface area contributed by atoms with Crippen LogP contribution in [0, 0.1) is 0 Å². The van der Waals surface area contributed by atoms with Crippen LogP contribution in [0.2, 0.25) is 0 Å². The lowest BCUT2D eigenvalue weighted by Gasteiger charge is -2.33. The molecule has 5 rings (SSSR count). The van der Waals surface area contributed by atoms with E-state index in [0.717, 1.165) is 54.1 Å². The summed E-state index contributed by atoms with van der Waals surface area (Å²) in [4.78, 5) is 27.0. The molecule has 1 aromatic carbocycles. The number of ether oxygens (including phenoxy) is 1. The van der Waals surface area contributed by atoms with Crippen LogP contribution in [0.3, 0.4) is 0 Å². The summed E-state index contributed by atoms with van der Waals surface area (Å²) >= 11 is 0. The Labute approximate surface area is 168 Å². The molecule has 1 aliphatic rings. The van der Waals surface area contributed by atoms with Gasteiger partial charge in [-0.3, -0.25) is 4.40 Å². The lowest BCUT2D eigenvalue weighted by atomic mass is 10.2. The number of nitrogens with zero attached hydrogens (tertiary/aromatic N) is 5. The Hall–Kier alpha value is -3.19. The summed E-state index contributed by atoms with van der Waals surface area (Å²) < 4.78 is 7.27. The van der Waals surface area contributed by atoms with Gasteiger partial charge in [-0.15, -0.1) is 0 Å². The molecule has 1 aliphatic heterocycles. The minimum Gasteiger partial charge on any atom is -0.462 e. The van der Waals surface area contributed by atoms with Crippen LogP contribution in [0.15, 0.2) is 42.5 Å². The van der Waals surface area contributed by atoms with Crippen molar-refractivity contribution in [2.24, 2.45) is 0 Å². The molecule has 0 amide bonds.